The maximum Gasteiger partial charge on any atom is 0.262 e. The summed E-state index contributed by atoms with van der Waals surface area (Å²) in [6, 6.07) is 20.6. The SMILES string of the molecule is CCOc1ccccc1NC(=O)c1cccc(NC(=O)COc2ccc(Cl)cc2)c1. The summed E-state index contributed by atoms with van der Waals surface area (Å²) < 4.78 is 11.0. The van der Waals surface area contributed by atoms with E-state index in [2.05, 4.69) is 10.6 Å². The largest absolute Gasteiger partial charge is 0.492 e. The molecule has 0 aliphatic rings. The van der Waals surface area contributed by atoms with Gasteiger partial charge >= 0.3 is 0 Å². The van der Waals surface area contributed by atoms with Gasteiger partial charge in [0.25, 0.3) is 11.8 Å². The molecule has 0 saturated carbocycles. The smallest absolute Gasteiger partial charge is 0.262 e. The number of carbonyl (C=O) groups excluding carboxylic acids is 2. The van der Waals surface area contributed by atoms with Crippen molar-refractivity contribution in [3.05, 3.63) is 83.4 Å². The molecular weight excluding hydrogens is 404 g/mol. The Labute approximate surface area is 179 Å². The minimum absolute atomic E-state index is 0.167. The average Bonchev–Trinajstić information content (AvgIpc) is 2.75. The Kier molecular flexibility index (Phi) is 7.29. The van der Waals surface area contributed by atoms with Crippen LogP contribution < -0.4 is 20.1 Å². The number of amides is 2. The summed E-state index contributed by atoms with van der Waals surface area (Å²) in [7, 11) is 0. The second-order valence-corrected chi connectivity index (χ2v) is 6.69. The van der Waals surface area contributed by atoms with Crippen molar-refractivity contribution < 1.29 is 19.1 Å². The van der Waals surface area contributed by atoms with Crippen LogP contribution in [0.25, 0.3) is 0 Å². The normalized spacial score (nSPS) is 10.2. The lowest BCUT2D eigenvalue weighted by Gasteiger charge is -2.12. The van der Waals surface area contributed by atoms with Crippen LogP contribution in [-0.4, -0.2) is 25.0 Å². The van der Waals surface area contributed by atoms with Crippen LogP contribution in [0.4, 0.5) is 11.4 Å². The van der Waals surface area contributed by atoms with E-state index in [0.29, 0.717) is 40.1 Å². The lowest BCUT2D eigenvalue weighted by atomic mass is 10.1. The van der Waals surface area contributed by atoms with Crippen LogP contribution in [0, 0.1) is 0 Å². The Morgan fingerprint density at radius 3 is 2.43 bits per heavy atom. The lowest BCUT2D eigenvalue weighted by molar-refractivity contribution is -0.118. The third kappa shape index (κ3) is 5.99. The van der Waals surface area contributed by atoms with Gasteiger partial charge in [-0.25, -0.2) is 0 Å². The Morgan fingerprint density at radius 1 is 0.900 bits per heavy atom. The van der Waals surface area contributed by atoms with Crippen LogP contribution in [-0.2, 0) is 4.79 Å². The molecule has 0 aliphatic heterocycles. The summed E-state index contributed by atoms with van der Waals surface area (Å²) in [5.74, 6) is 0.479. The summed E-state index contributed by atoms with van der Waals surface area (Å²) in [5.41, 5.74) is 1.47. The van der Waals surface area contributed by atoms with Crippen LogP contribution in [0.15, 0.2) is 72.8 Å². The number of hydrogen-bond acceptors (Lipinski definition) is 4. The number of halogens is 1. The molecule has 0 heterocycles. The number of anilines is 2. The maximum absolute atomic E-state index is 12.6. The molecule has 0 fully saturated rings. The highest BCUT2D eigenvalue weighted by Gasteiger charge is 2.11. The highest BCUT2D eigenvalue weighted by Crippen LogP contribution is 2.24. The first kappa shape index (κ1) is 21.2. The second-order valence-electron chi connectivity index (χ2n) is 6.25. The summed E-state index contributed by atoms with van der Waals surface area (Å²) >= 11 is 5.82. The molecule has 3 aromatic rings. The van der Waals surface area contributed by atoms with Gasteiger partial charge in [-0.3, -0.25) is 9.59 Å². The van der Waals surface area contributed by atoms with Crippen molar-refractivity contribution >= 4 is 34.8 Å². The molecule has 2 N–H and O–H groups in total. The van der Waals surface area contributed by atoms with Gasteiger partial charge < -0.3 is 20.1 Å². The summed E-state index contributed by atoms with van der Waals surface area (Å²) in [6.07, 6.45) is 0. The molecule has 0 saturated heterocycles. The van der Waals surface area contributed by atoms with E-state index in [1.165, 1.54) is 0 Å². The summed E-state index contributed by atoms with van der Waals surface area (Å²) in [4.78, 5) is 24.8. The molecule has 7 heteroatoms. The van der Waals surface area contributed by atoms with E-state index in [0.717, 1.165) is 0 Å². The molecule has 0 bridgehead atoms. The van der Waals surface area contributed by atoms with E-state index in [9.17, 15) is 9.59 Å². The third-order valence-corrected chi connectivity index (χ3v) is 4.28. The fourth-order valence-electron chi connectivity index (χ4n) is 2.66. The van der Waals surface area contributed by atoms with E-state index in [1.807, 2.05) is 19.1 Å². The molecule has 2 amide bonds. The second kappa shape index (κ2) is 10.3. The highest BCUT2D eigenvalue weighted by atomic mass is 35.5. The molecule has 30 heavy (non-hydrogen) atoms. The monoisotopic (exact) mass is 424 g/mol. The molecule has 3 rings (SSSR count). The van der Waals surface area contributed by atoms with Gasteiger partial charge in [-0.1, -0.05) is 29.8 Å². The third-order valence-electron chi connectivity index (χ3n) is 4.03. The van der Waals surface area contributed by atoms with Crippen molar-refractivity contribution in [1.82, 2.24) is 0 Å². The van der Waals surface area contributed by atoms with E-state index in [1.54, 1.807) is 60.7 Å². The van der Waals surface area contributed by atoms with E-state index in [-0.39, 0.29) is 18.4 Å². The van der Waals surface area contributed by atoms with Crippen molar-refractivity contribution in [2.45, 2.75) is 6.92 Å². The molecule has 154 valence electrons. The number of ether oxygens (including phenoxy) is 2. The molecule has 0 atom stereocenters. The van der Waals surface area contributed by atoms with Crippen LogP contribution in [0.3, 0.4) is 0 Å². The first-order valence-electron chi connectivity index (χ1n) is 9.36. The van der Waals surface area contributed by atoms with Crippen LogP contribution >= 0.6 is 11.6 Å². The molecule has 0 radical (unpaired) electrons. The summed E-state index contributed by atoms with van der Waals surface area (Å²) in [6.45, 7) is 2.20. The predicted molar refractivity (Wildman–Crippen MR) is 118 cm³/mol. The predicted octanol–water partition coefficient (Wildman–Crippen LogP) is 5.01. The van der Waals surface area contributed by atoms with Crippen LogP contribution in [0.1, 0.15) is 17.3 Å². The zero-order chi connectivity index (χ0) is 21.3. The van der Waals surface area contributed by atoms with Gasteiger partial charge in [0.05, 0.1) is 12.3 Å². The molecule has 6 nitrogen and oxygen atoms in total. The standard InChI is InChI=1S/C23H21ClN2O4/c1-2-29-21-9-4-3-8-20(21)26-23(28)16-6-5-7-18(14-16)25-22(27)15-30-19-12-10-17(24)11-13-19/h3-14H,2,15H2,1H3,(H,25,27)(H,26,28). The minimum Gasteiger partial charge on any atom is -0.492 e. The van der Waals surface area contributed by atoms with Crippen LogP contribution in [0.5, 0.6) is 11.5 Å². The Hall–Kier alpha value is -3.51. The average molecular weight is 425 g/mol. The number of hydrogen-bond donors (Lipinski definition) is 2. The molecule has 0 aromatic heterocycles. The van der Waals surface area contributed by atoms with E-state index < -0.39 is 0 Å². The molecule has 3 aromatic carbocycles. The Morgan fingerprint density at radius 2 is 1.67 bits per heavy atom. The highest BCUT2D eigenvalue weighted by molar-refractivity contribution is 6.30. The summed E-state index contributed by atoms with van der Waals surface area (Å²) in [5, 5.41) is 6.14. The van der Waals surface area contributed by atoms with Crippen molar-refractivity contribution in [3.8, 4) is 11.5 Å². The molecule has 0 aliphatic carbocycles. The van der Waals surface area contributed by atoms with Gasteiger partial charge in [0, 0.05) is 16.3 Å². The fourth-order valence-corrected chi connectivity index (χ4v) is 2.79. The van der Waals surface area contributed by atoms with E-state index in [4.69, 9.17) is 21.1 Å². The van der Waals surface area contributed by atoms with Gasteiger partial charge in [0.15, 0.2) is 6.61 Å². The van der Waals surface area contributed by atoms with Crippen molar-refractivity contribution in [3.63, 3.8) is 0 Å². The quantitative estimate of drug-likeness (QED) is 0.533. The molecule has 0 spiro atoms. The topological polar surface area (TPSA) is 76.7 Å². The van der Waals surface area contributed by atoms with Crippen LogP contribution in [0.2, 0.25) is 5.02 Å². The first-order valence-corrected chi connectivity index (χ1v) is 9.74. The zero-order valence-corrected chi connectivity index (χ0v) is 17.1. The molecular formula is C23H21ClN2O4. The number of para-hydroxylation sites is 2. The Balaban J connectivity index is 1.60. The van der Waals surface area contributed by atoms with Gasteiger partial charge in [0.1, 0.15) is 11.5 Å². The minimum atomic E-state index is -0.343. The maximum atomic E-state index is 12.6. The zero-order valence-electron chi connectivity index (χ0n) is 16.4. The molecule has 0 unspecified atom stereocenters. The van der Waals surface area contributed by atoms with Gasteiger partial charge in [-0.15, -0.1) is 0 Å². The van der Waals surface area contributed by atoms with Gasteiger partial charge in [-0.2, -0.15) is 0 Å². The Bertz CT molecular complexity index is 1020. The van der Waals surface area contributed by atoms with Gasteiger partial charge in [0.2, 0.25) is 0 Å². The van der Waals surface area contributed by atoms with Crippen molar-refractivity contribution in [2.75, 3.05) is 23.8 Å². The fraction of sp³-hybridized carbons (Fsp3) is 0.130. The van der Waals surface area contributed by atoms with Gasteiger partial charge in [-0.05, 0) is 61.5 Å². The lowest BCUT2D eigenvalue weighted by Crippen LogP contribution is -2.20. The number of benzene rings is 3. The first-order chi connectivity index (χ1) is 14.5. The number of nitrogens with one attached hydrogen (secondary N) is 2. The van der Waals surface area contributed by atoms with E-state index >= 15 is 0 Å². The van der Waals surface area contributed by atoms with Crippen molar-refractivity contribution in [1.29, 1.82) is 0 Å². The number of rotatable bonds is 8. The van der Waals surface area contributed by atoms with Crippen molar-refractivity contribution in [2.24, 2.45) is 0 Å². The number of carbonyl (C=O) groups is 2.